The standard InChI is InChI=1S/C42H56O14/c43-39(41(45)46)16-17-40(44)55-34-32-53-30-28-51-26-24-49-22-20-47-18-19-48-21-23-50-25-27-52-29-31-54-33-35-56-42(36-10-4-1-5-11-36,37-12-6-2-7-13-37)38-14-8-3-9-15-38/h1-15H,16-35H2,(H,45,46). The number of aliphatic carboxylic acids is 1. The van der Waals surface area contributed by atoms with Gasteiger partial charge in [-0.05, 0) is 16.7 Å². The van der Waals surface area contributed by atoms with Gasteiger partial charge in [-0.1, -0.05) is 91.0 Å². The van der Waals surface area contributed by atoms with E-state index in [1.165, 1.54) is 0 Å². The lowest BCUT2D eigenvalue weighted by Crippen LogP contribution is -2.34. The first-order chi connectivity index (χ1) is 27.5. The maximum Gasteiger partial charge on any atom is 0.372 e. The second kappa shape index (κ2) is 30.1. The van der Waals surface area contributed by atoms with E-state index in [1.54, 1.807) is 0 Å². The molecule has 1 N–H and O–H groups in total. The summed E-state index contributed by atoms with van der Waals surface area (Å²) in [4.78, 5) is 32.7. The molecular formula is C42H56O14. The van der Waals surface area contributed by atoms with Gasteiger partial charge in [-0.2, -0.15) is 0 Å². The zero-order chi connectivity index (χ0) is 39.8. The van der Waals surface area contributed by atoms with Crippen molar-refractivity contribution in [3.63, 3.8) is 0 Å². The third-order valence-electron chi connectivity index (χ3n) is 7.98. The summed E-state index contributed by atoms with van der Waals surface area (Å²) in [5, 5.41) is 8.47. The van der Waals surface area contributed by atoms with Crippen LogP contribution in [0.3, 0.4) is 0 Å². The van der Waals surface area contributed by atoms with Gasteiger partial charge in [-0.3, -0.25) is 9.59 Å². The summed E-state index contributed by atoms with van der Waals surface area (Å²) in [5.74, 6) is -3.24. The molecule has 0 bridgehead atoms. The van der Waals surface area contributed by atoms with Gasteiger partial charge in [0.15, 0.2) is 0 Å². The van der Waals surface area contributed by atoms with E-state index in [0.717, 1.165) is 16.7 Å². The summed E-state index contributed by atoms with van der Waals surface area (Å²) < 4.78 is 55.7. The lowest BCUT2D eigenvalue weighted by molar-refractivity contribution is -0.151. The van der Waals surface area contributed by atoms with Gasteiger partial charge in [0.05, 0.1) is 119 Å². The Morgan fingerprint density at radius 3 is 0.982 bits per heavy atom. The van der Waals surface area contributed by atoms with Crippen molar-refractivity contribution < 1.29 is 66.9 Å². The Balaban J connectivity index is 1.06. The topological polar surface area (TPSA) is 164 Å². The molecule has 0 spiro atoms. The van der Waals surface area contributed by atoms with Gasteiger partial charge in [-0.25, -0.2) is 4.79 Å². The first-order valence-corrected chi connectivity index (χ1v) is 18.9. The molecule has 14 nitrogen and oxygen atoms in total. The highest BCUT2D eigenvalue weighted by Gasteiger charge is 2.37. The molecular weight excluding hydrogens is 728 g/mol. The average molecular weight is 785 g/mol. The van der Waals surface area contributed by atoms with Crippen molar-refractivity contribution in [2.24, 2.45) is 0 Å². The van der Waals surface area contributed by atoms with Gasteiger partial charge in [-0.15, -0.1) is 0 Å². The average Bonchev–Trinajstić information content (AvgIpc) is 3.23. The second-order valence-corrected chi connectivity index (χ2v) is 12.0. The first kappa shape index (κ1) is 46.3. The molecule has 0 radical (unpaired) electrons. The molecule has 0 aliphatic carbocycles. The van der Waals surface area contributed by atoms with Gasteiger partial charge in [0, 0.05) is 6.42 Å². The molecule has 0 amide bonds. The number of hydrogen-bond donors (Lipinski definition) is 1. The predicted molar refractivity (Wildman–Crippen MR) is 205 cm³/mol. The molecule has 0 heterocycles. The molecule has 0 fully saturated rings. The van der Waals surface area contributed by atoms with Gasteiger partial charge in [0.1, 0.15) is 12.2 Å². The van der Waals surface area contributed by atoms with Gasteiger partial charge in [0.25, 0.3) is 0 Å². The van der Waals surface area contributed by atoms with E-state index in [2.05, 4.69) is 36.4 Å². The van der Waals surface area contributed by atoms with Gasteiger partial charge >= 0.3 is 11.9 Å². The fourth-order valence-electron chi connectivity index (χ4n) is 5.27. The lowest BCUT2D eigenvalue weighted by atomic mass is 9.80. The van der Waals surface area contributed by atoms with E-state index in [9.17, 15) is 14.4 Å². The number of carboxylic acids is 1. The molecule has 3 rings (SSSR count). The monoisotopic (exact) mass is 784 g/mol. The van der Waals surface area contributed by atoms with Gasteiger partial charge in [0.2, 0.25) is 5.78 Å². The van der Waals surface area contributed by atoms with E-state index in [4.69, 9.17) is 52.5 Å². The predicted octanol–water partition coefficient (Wildman–Crippen LogP) is 4.11. The largest absolute Gasteiger partial charge is 0.476 e. The normalized spacial score (nSPS) is 11.4. The highest BCUT2D eigenvalue weighted by molar-refractivity contribution is 6.32. The maximum atomic E-state index is 11.4. The molecule has 56 heavy (non-hydrogen) atoms. The van der Waals surface area contributed by atoms with Crippen LogP contribution < -0.4 is 0 Å². The summed E-state index contributed by atoms with van der Waals surface area (Å²) in [7, 11) is 0. The van der Waals surface area contributed by atoms with Crippen LogP contribution in [0.1, 0.15) is 29.5 Å². The van der Waals surface area contributed by atoms with E-state index in [1.807, 2.05) is 54.6 Å². The minimum absolute atomic E-state index is 0.0108. The summed E-state index contributed by atoms with van der Waals surface area (Å²) in [6.07, 6.45) is -0.665. The third-order valence-corrected chi connectivity index (χ3v) is 7.98. The molecule has 308 valence electrons. The highest BCUT2D eigenvalue weighted by Crippen LogP contribution is 2.40. The van der Waals surface area contributed by atoms with Crippen LogP contribution in [-0.2, 0) is 67.4 Å². The van der Waals surface area contributed by atoms with Crippen LogP contribution >= 0.6 is 0 Å². The number of benzene rings is 3. The van der Waals surface area contributed by atoms with Crippen LogP contribution in [0.15, 0.2) is 91.0 Å². The van der Waals surface area contributed by atoms with Crippen molar-refractivity contribution >= 4 is 17.7 Å². The van der Waals surface area contributed by atoms with Crippen LogP contribution in [0.4, 0.5) is 0 Å². The number of carbonyl (C=O) groups excluding carboxylic acids is 2. The Morgan fingerprint density at radius 1 is 0.393 bits per heavy atom. The van der Waals surface area contributed by atoms with Crippen molar-refractivity contribution in [3.8, 4) is 0 Å². The first-order valence-electron chi connectivity index (χ1n) is 18.9. The molecule has 0 aromatic heterocycles. The smallest absolute Gasteiger partial charge is 0.372 e. The molecule has 0 atom stereocenters. The van der Waals surface area contributed by atoms with Crippen LogP contribution in [0.25, 0.3) is 0 Å². The maximum absolute atomic E-state index is 11.4. The van der Waals surface area contributed by atoms with E-state index >= 15 is 0 Å². The fourth-order valence-corrected chi connectivity index (χ4v) is 5.27. The number of ether oxygens (including phenoxy) is 10. The Morgan fingerprint density at radius 2 is 0.679 bits per heavy atom. The second-order valence-electron chi connectivity index (χ2n) is 12.0. The van der Waals surface area contributed by atoms with E-state index in [-0.39, 0.29) is 26.1 Å². The molecule has 3 aromatic carbocycles. The van der Waals surface area contributed by atoms with Crippen molar-refractivity contribution in [2.45, 2.75) is 18.4 Å². The van der Waals surface area contributed by atoms with E-state index in [0.29, 0.717) is 106 Å². The van der Waals surface area contributed by atoms with E-state index < -0.39 is 23.3 Å². The molecule has 0 aliphatic rings. The number of carboxylic acid groups (broad SMARTS) is 1. The Hall–Kier alpha value is -4.09. The van der Waals surface area contributed by atoms with Gasteiger partial charge < -0.3 is 52.5 Å². The molecule has 0 aliphatic heterocycles. The molecule has 14 heteroatoms. The van der Waals surface area contributed by atoms with Crippen molar-refractivity contribution in [2.75, 3.05) is 119 Å². The molecule has 0 saturated carbocycles. The number of esters is 1. The summed E-state index contributed by atoms with van der Waals surface area (Å²) >= 11 is 0. The van der Waals surface area contributed by atoms with Crippen molar-refractivity contribution in [1.82, 2.24) is 0 Å². The minimum atomic E-state index is -1.56. The van der Waals surface area contributed by atoms with Crippen LogP contribution in [-0.4, -0.2) is 142 Å². The molecule has 3 aromatic rings. The summed E-state index contributed by atoms with van der Waals surface area (Å²) in [6, 6.07) is 30.8. The Kier molecular flexibility index (Phi) is 24.9. The highest BCUT2D eigenvalue weighted by atomic mass is 16.6. The van der Waals surface area contributed by atoms with Crippen LogP contribution in [0, 0.1) is 0 Å². The number of carbonyl (C=O) groups is 3. The van der Waals surface area contributed by atoms with Crippen LogP contribution in [0.5, 0.6) is 0 Å². The summed E-state index contributed by atoms with van der Waals surface area (Å²) in [5.41, 5.74) is 2.39. The SMILES string of the molecule is O=C(CCC(=O)C(=O)O)OCCOCCOCCOCCOCCOCCOCCOCCOCCOC(c1ccccc1)(c1ccccc1)c1ccccc1. The summed E-state index contributed by atoms with van der Waals surface area (Å²) in [6.45, 7) is 7.01. The quantitative estimate of drug-likeness (QED) is 0.0393. The van der Waals surface area contributed by atoms with Crippen LogP contribution in [0.2, 0.25) is 0 Å². The zero-order valence-electron chi connectivity index (χ0n) is 32.1. The minimum Gasteiger partial charge on any atom is -0.476 e. The number of hydrogen-bond acceptors (Lipinski definition) is 13. The Bertz CT molecular complexity index is 1340. The third kappa shape index (κ3) is 19.2. The molecule has 0 unspecified atom stereocenters. The zero-order valence-corrected chi connectivity index (χ0v) is 32.1. The van der Waals surface area contributed by atoms with Crippen molar-refractivity contribution in [1.29, 1.82) is 0 Å². The Labute approximate surface area is 329 Å². The number of rotatable bonds is 35. The molecule has 0 saturated heterocycles. The van der Waals surface area contributed by atoms with Crippen molar-refractivity contribution in [3.05, 3.63) is 108 Å². The fraction of sp³-hybridized carbons (Fsp3) is 0.500. The number of ketones is 1. The number of Topliss-reactive ketones (excluding diaryl/α,β-unsaturated/α-hetero) is 1. The lowest BCUT2D eigenvalue weighted by Gasteiger charge is -2.36.